The first-order chi connectivity index (χ1) is 9.84. The van der Waals surface area contributed by atoms with Gasteiger partial charge in [0.2, 0.25) is 0 Å². The molecule has 6 heteroatoms. The number of carbonyl (C=O) groups is 1. The zero-order valence-electron chi connectivity index (χ0n) is 15.2. The smallest absolute Gasteiger partial charge is 1.00 e. The van der Waals surface area contributed by atoms with Crippen molar-refractivity contribution in [3.63, 3.8) is 0 Å². The molecule has 131 valence electrons. The Kier molecular flexibility index (Phi) is 23.2. The van der Waals surface area contributed by atoms with Gasteiger partial charge in [-0.25, -0.2) is 5.57 Å². The SMILES string of the molecule is CC1=[C-]C(C)C(C)=C1C.C[SiH]C.[Cl-].[Cl-].[Hf+4].[NH-]C(=O)c1ccccc1. The van der Waals surface area contributed by atoms with E-state index < -0.39 is 5.91 Å². The number of hydrogen-bond acceptors (Lipinski definition) is 1. The maximum absolute atomic E-state index is 10.3. The number of amides is 1. The van der Waals surface area contributed by atoms with Gasteiger partial charge < -0.3 is 35.3 Å². The van der Waals surface area contributed by atoms with Crippen LogP contribution in [0.25, 0.3) is 5.73 Å². The molecule has 0 aliphatic heterocycles. The molecule has 1 aromatic carbocycles. The van der Waals surface area contributed by atoms with Gasteiger partial charge in [-0.2, -0.15) is 11.1 Å². The second-order valence-corrected chi connectivity index (χ2v) is 6.23. The van der Waals surface area contributed by atoms with E-state index in [-0.39, 0.29) is 50.7 Å². The molecule has 0 aromatic heterocycles. The summed E-state index contributed by atoms with van der Waals surface area (Å²) < 4.78 is 0. The summed E-state index contributed by atoms with van der Waals surface area (Å²) in [6, 6.07) is 8.53. The first-order valence-electron chi connectivity index (χ1n) is 7.17. The molecule has 0 saturated carbocycles. The molecule has 1 aliphatic rings. The van der Waals surface area contributed by atoms with E-state index in [1.807, 2.05) is 6.07 Å². The van der Waals surface area contributed by atoms with E-state index in [1.165, 1.54) is 16.7 Å². The Balaban J connectivity index is -0.000000130. The Morgan fingerprint density at radius 1 is 1.08 bits per heavy atom. The molecular formula is C18H26Cl2HfNOSi. The normalized spacial score (nSPS) is 14.2. The number of nitrogens with one attached hydrogen (secondary N) is 1. The van der Waals surface area contributed by atoms with Gasteiger partial charge >= 0.3 is 25.8 Å². The molecule has 1 aromatic rings. The number of allylic oxidation sites excluding steroid dienone is 4. The topological polar surface area (TPSA) is 40.9 Å². The molecule has 1 N–H and O–H groups in total. The minimum Gasteiger partial charge on any atom is -1.00 e. The minimum atomic E-state index is -0.629. The fraction of sp³-hybridized carbons (Fsp3) is 0.389. The average molecular weight is 550 g/mol. The van der Waals surface area contributed by atoms with E-state index in [0.29, 0.717) is 11.5 Å². The number of hydrogen-bond donors (Lipinski definition) is 0. The molecule has 0 saturated heterocycles. The fourth-order valence-electron chi connectivity index (χ4n) is 1.75. The van der Waals surface area contributed by atoms with Crippen LogP contribution in [0.3, 0.4) is 0 Å². The van der Waals surface area contributed by atoms with E-state index in [4.69, 9.17) is 5.73 Å². The number of rotatable bonds is 1. The van der Waals surface area contributed by atoms with Gasteiger partial charge in [0.05, 0.1) is 5.91 Å². The predicted molar refractivity (Wildman–Crippen MR) is 93.9 cm³/mol. The molecule has 0 fully saturated rings. The number of benzene rings is 1. The number of carbonyl (C=O) groups excluding carboxylic acids is 1. The summed E-state index contributed by atoms with van der Waals surface area (Å²) in [4.78, 5) is 10.3. The van der Waals surface area contributed by atoms with Crippen LogP contribution in [-0.2, 0) is 25.8 Å². The quantitative estimate of drug-likeness (QED) is 0.332. The van der Waals surface area contributed by atoms with E-state index in [2.05, 4.69) is 46.9 Å². The third-order valence-corrected chi connectivity index (χ3v) is 3.27. The van der Waals surface area contributed by atoms with E-state index in [1.54, 1.807) is 24.3 Å². The second kappa shape index (κ2) is 17.7. The van der Waals surface area contributed by atoms with E-state index in [0.717, 1.165) is 9.52 Å². The summed E-state index contributed by atoms with van der Waals surface area (Å²) in [6.45, 7) is 13.1. The summed E-state index contributed by atoms with van der Waals surface area (Å²) in [5, 5.41) is 0. The monoisotopic (exact) mass is 550 g/mol. The standard InChI is InChI=1S/C9H13.C7H7NO.C2H7Si.2ClH.Hf/c1-6-5-7(2)9(4)8(6)3;8-7(9)6-4-2-1-3-5-6;1-3-2;;;/h6H,1-4H3;1-5H,(H2,8,9);3H,1-2H3;2*1H;/q-1;;;;;+4/p-3. The van der Waals surface area contributed by atoms with Crippen molar-refractivity contribution >= 4 is 15.4 Å². The average Bonchev–Trinajstić information content (AvgIpc) is 2.68. The summed E-state index contributed by atoms with van der Waals surface area (Å²) in [7, 11) is 0.750. The third kappa shape index (κ3) is 12.2. The summed E-state index contributed by atoms with van der Waals surface area (Å²) in [5.74, 6) is -0.0689. The minimum absolute atomic E-state index is 0. The fourth-order valence-corrected chi connectivity index (χ4v) is 1.75. The van der Waals surface area contributed by atoms with E-state index in [9.17, 15) is 4.79 Å². The Morgan fingerprint density at radius 3 is 1.67 bits per heavy atom. The molecule has 1 radical (unpaired) electrons. The molecule has 0 spiro atoms. The maximum Gasteiger partial charge on any atom is 4.00 e. The van der Waals surface area contributed by atoms with Crippen LogP contribution in [-0.4, -0.2) is 15.4 Å². The summed E-state index contributed by atoms with van der Waals surface area (Å²) in [6.07, 6.45) is 3.36. The zero-order valence-corrected chi connectivity index (χ0v) is 21.5. The van der Waals surface area contributed by atoms with Crippen LogP contribution < -0.4 is 24.8 Å². The van der Waals surface area contributed by atoms with Gasteiger partial charge in [-0.3, -0.25) is 6.08 Å². The maximum atomic E-state index is 10.3. The molecule has 0 heterocycles. The summed E-state index contributed by atoms with van der Waals surface area (Å²) in [5.41, 5.74) is 11.4. The second-order valence-electron chi connectivity index (χ2n) is 5.07. The van der Waals surface area contributed by atoms with Crippen molar-refractivity contribution < 1.29 is 55.5 Å². The molecule has 24 heavy (non-hydrogen) atoms. The van der Waals surface area contributed by atoms with Gasteiger partial charge in [0.15, 0.2) is 0 Å². The largest absolute Gasteiger partial charge is 4.00 e. The molecule has 1 unspecified atom stereocenters. The number of halogens is 2. The van der Waals surface area contributed by atoms with Gasteiger partial charge in [0.25, 0.3) is 0 Å². The Bertz CT molecular complexity index is 519. The molecule has 1 amide bonds. The van der Waals surface area contributed by atoms with Crippen molar-refractivity contribution in [1.29, 1.82) is 0 Å². The first-order valence-corrected chi connectivity index (χ1v) is 9.48. The summed E-state index contributed by atoms with van der Waals surface area (Å²) >= 11 is 0. The van der Waals surface area contributed by atoms with Crippen molar-refractivity contribution in [2.75, 3.05) is 0 Å². The van der Waals surface area contributed by atoms with Gasteiger partial charge in [-0.1, -0.05) is 70.1 Å². The van der Waals surface area contributed by atoms with Crippen molar-refractivity contribution in [2.45, 2.75) is 40.8 Å². The van der Waals surface area contributed by atoms with Gasteiger partial charge in [0.1, 0.15) is 0 Å². The van der Waals surface area contributed by atoms with Gasteiger partial charge in [0, 0.05) is 9.52 Å². The van der Waals surface area contributed by atoms with Crippen molar-refractivity contribution in [1.82, 2.24) is 0 Å². The van der Waals surface area contributed by atoms with Crippen LogP contribution >= 0.6 is 0 Å². The molecule has 0 bridgehead atoms. The third-order valence-electron chi connectivity index (χ3n) is 3.27. The molecule has 1 aliphatic carbocycles. The Labute approximate surface area is 181 Å². The zero-order chi connectivity index (χ0) is 16.4. The van der Waals surface area contributed by atoms with Crippen LogP contribution in [0.5, 0.6) is 0 Å². The van der Waals surface area contributed by atoms with Gasteiger partial charge in [-0.05, 0) is 5.56 Å². The van der Waals surface area contributed by atoms with E-state index >= 15 is 0 Å². The van der Waals surface area contributed by atoms with Crippen LogP contribution in [0, 0.1) is 12.0 Å². The Hall–Kier alpha value is -0.163. The first kappa shape index (κ1) is 31.6. The molecule has 2 rings (SSSR count). The van der Waals surface area contributed by atoms with Crippen LogP contribution in [0.4, 0.5) is 0 Å². The van der Waals surface area contributed by atoms with Crippen LogP contribution in [0.15, 0.2) is 47.1 Å². The van der Waals surface area contributed by atoms with Crippen molar-refractivity contribution in [3.8, 4) is 0 Å². The molecule has 1 atom stereocenters. The predicted octanol–water partition coefficient (Wildman–Crippen LogP) is -0.874. The Morgan fingerprint density at radius 2 is 1.50 bits per heavy atom. The van der Waals surface area contributed by atoms with Crippen LogP contribution in [0.2, 0.25) is 13.1 Å². The van der Waals surface area contributed by atoms with Gasteiger partial charge in [-0.15, -0.1) is 6.92 Å². The molecular weight excluding hydrogens is 524 g/mol. The molecule has 2 nitrogen and oxygen atoms in total. The van der Waals surface area contributed by atoms with Crippen molar-refractivity contribution in [3.05, 3.63) is 64.4 Å². The van der Waals surface area contributed by atoms with Crippen molar-refractivity contribution in [2.24, 2.45) is 5.92 Å². The van der Waals surface area contributed by atoms with Crippen LogP contribution in [0.1, 0.15) is 38.1 Å².